The summed E-state index contributed by atoms with van der Waals surface area (Å²) >= 11 is 0. The van der Waals surface area contributed by atoms with Gasteiger partial charge in [-0.3, -0.25) is 14.6 Å². The van der Waals surface area contributed by atoms with E-state index in [1.54, 1.807) is 11.5 Å². The van der Waals surface area contributed by atoms with Crippen molar-refractivity contribution in [2.45, 2.75) is 32.5 Å². The Kier molecular flexibility index (Phi) is 6.90. The largest absolute Gasteiger partial charge is 0.433 e. The Hall–Kier alpha value is -3.62. The number of nitrogens with zero attached hydrogens (tertiary/aromatic N) is 2. The number of halogens is 3. The van der Waals surface area contributed by atoms with Gasteiger partial charge < -0.3 is 15.2 Å². The van der Waals surface area contributed by atoms with Gasteiger partial charge in [0.25, 0.3) is 5.91 Å². The quantitative estimate of drug-likeness (QED) is 0.564. The zero-order valence-corrected chi connectivity index (χ0v) is 18.7. The molecule has 3 aromatic rings. The molecular formula is C24H25F3N4O2. The molecule has 9 heteroatoms. The minimum absolute atomic E-state index is 0.0364. The molecule has 0 fully saturated rings. The first-order valence-corrected chi connectivity index (χ1v) is 10.4. The number of hydrogen-bond donors (Lipinski definition) is 2. The summed E-state index contributed by atoms with van der Waals surface area (Å²) in [4.78, 5) is 29.2. The Labute approximate surface area is 189 Å². The van der Waals surface area contributed by atoms with Crippen LogP contribution in [-0.4, -0.2) is 29.6 Å². The van der Waals surface area contributed by atoms with E-state index in [1.807, 2.05) is 38.2 Å². The Morgan fingerprint density at radius 3 is 2.36 bits per heavy atom. The average Bonchev–Trinajstić information content (AvgIpc) is 2.80. The zero-order valence-electron chi connectivity index (χ0n) is 18.7. The van der Waals surface area contributed by atoms with E-state index in [2.05, 4.69) is 15.6 Å². The second kappa shape index (κ2) is 9.48. The van der Waals surface area contributed by atoms with E-state index in [-0.39, 0.29) is 22.7 Å². The number of carbonyl (C=O) groups is 1. The number of hydrogen-bond acceptors (Lipinski definition) is 4. The lowest BCUT2D eigenvalue weighted by atomic mass is 9.97. The van der Waals surface area contributed by atoms with E-state index in [1.165, 1.54) is 19.3 Å². The molecule has 0 bridgehead atoms. The Morgan fingerprint density at radius 1 is 1.15 bits per heavy atom. The monoisotopic (exact) mass is 458 g/mol. The van der Waals surface area contributed by atoms with Crippen molar-refractivity contribution < 1.29 is 18.0 Å². The van der Waals surface area contributed by atoms with Crippen molar-refractivity contribution in [1.29, 1.82) is 0 Å². The highest BCUT2D eigenvalue weighted by atomic mass is 19.4. The highest BCUT2D eigenvalue weighted by Crippen LogP contribution is 2.32. The molecule has 1 amide bonds. The number of benzene rings is 1. The van der Waals surface area contributed by atoms with E-state index in [9.17, 15) is 22.8 Å². The van der Waals surface area contributed by atoms with Gasteiger partial charge in [-0.1, -0.05) is 19.1 Å². The van der Waals surface area contributed by atoms with Crippen molar-refractivity contribution >= 4 is 11.6 Å². The van der Waals surface area contributed by atoms with Crippen molar-refractivity contribution in [2.75, 3.05) is 19.4 Å². The lowest BCUT2D eigenvalue weighted by molar-refractivity contribution is -0.141. The number of anilines is 1. The third-order valence-electron chi connectivity index (χ3n) is 5.61. The van der Waals surface area contributed by atoms with Gasteiger partial charge in [0.1, 0.15) is 11.3 Å². The van der Waals surface area contributed by atoms with E-state index < -0.39 is 23.2 Å². The fourth-order valence-corrected chi connectivity index (χ4v) is 3.89. The lowest BCUT2D eigenvalue weighted by Crippen LogP contribution is -2.30. The molecule has 0 aliphatic carbocycles. The first-order chi connectivity index (χ1) is 15.6. The number of alkyl halides is 3. The van der Waals surface area contributed by atoms with Gasteiger partial charge in [-0.25, -0.2) is 0 Å². The predicted molar refractivity (Wildman–Crippen MR) is 121 cm³/mol. The first kappa shape index (κ1) is 24.0. The zero-order chi connectivity index (χ0) is 24.3. The fraction of sp³-hybridized carbons (Fsp3) is 0.292. The van der Waals surface area contributed by atoms with Crippen LogP contribution < -0.4 is 16.1 Å². The minimum atomic E-state index is -4.66. The molecule has 1 atom stereocenters. The number of carbonyl (C=O) groups excluding carboxylic acids is 1. The van der Waals surface area contributed by atoms with Crippen LogP contribution in [0.25, 0.3) is 11.1 Å². The predicted octanol–water partition coefficient (Wildman–Crippen LogP) is 4.64. The molecule has 0 aliphatic heterocycles. The first-order valence-electron chi connectivity index (χ1n) is 10.4. The van der Waals surface area contributed by atoms with Gasteiger partial charge in [-0.15, -0.1) is 0 Å². The maximum atomic E-state index is 13.3. The van der Waals surface area contributed by atoms with E-state index >= 15 is 0 Å². The molecule has 6 nitrogen and oxygen atoms in total. The molecule has 2 aromatic heterocycles. The highest BCUT2D eigenvalue weighted by Gasteiger charge is 2.33. The van der Waals surface area contributed by atoms with Crippen molar-refractivity contribution in [3.05, 3.63) is 81.5 Å². The standard InChI is InChI=1S/C24H25F3N4O2/c1-5-19(15-6-8-17(28-3)9-7-15)31-13-18(23(33)29-4)22(32)21(14(31)2)16-10-11-30-20(12-16)24(25,26)27/h6-13,19,28H,5H2,1-4H3,(H,29,33). The van der Waals surface area contributed by atoms with Crippen LogP contribution in [0.15, 0.2) is 53.6 Å². The van der Waals surface area contributed by atoms with Gasteiger partial charge in [-0.05, 0) is 48.7 Å². The number of pyridine rings is 2. The molecule has 0 radical (unpaired) electrons. The third-order valence-corrected chi connectivity index (χ3v) is 5.61. The second-order valence-corrected chi connectivity index (χ2v) is 7.54. The van der Waals surface area contributed by atoms with Crippen molar-refractivity contribution in [2.24, 2.45) is 0 Å². The number of nitrogens with one attached hydrogen (secondary N) is 2. The van der Waals surface area contributed by atoms with Gasteiger partial charge >= 0.3 is 6.18 Å². The van der Waals surface area contributed by atoms with E-state index in [0.29, 0.717) is 12.1 Å². The molecule has 3 rings (SSSR count). The van der Waals surface area contributed by atoms with Crippen molar-refractivity contribution in [1.82, 2.24) is 14.9 Å². The smallest absolute Gasteiger partial charge is 0.388 e. The SMILES string of the molecule is CCC(c1ccc(NC)cc1)n1cc(C(=O)NC)c(=O)c(-c2ccnc(C(F)(F)F)c2)c1C. The van der Waals surface area contributed by atoms with Crippen LogP contribution in [0.2, 0.25) is 0 Å². The molecule has 174 valence electrons. The molecular weight excluding hydrogens is 433 g/mol. The second-order valence-electron chi connectivity index (χ2n) is 7.54. The minimum Gasteiger partial charge on any atom is -0.388 e. The number of rotatable bonds is 6. The van der Waals surface area contributed by atoms with Crippen molar-refractivity contribution in [3.63, 3.8) is 0 Å². The van der Waals surface area contributed by atoms with Gasteiger partial charge in [0, 0.05) is 43.4 Å². The summed E-state index contributed by atoms with van der Waals surface area (Å²) in [6.45, 7) is 3.63. The summed E-state index contributed by atoms with van der Waals surface area (Å²) < 4.78 is 41.6. The molecule has 0 saturated heterocycles. The molecule has 1 aromatic carbocycles. The molecule has 2 heterocycles. The van der Waals surface area contributed by atoms with Crippen LogP contribution in [0, 0.1) is 6.92 Å². The van der Waals surface area contributed by atoms with Crippen LogP contribution in [0.4, 0.5) is 18.9 Å². The molecule has 0 saturated carbocycles. The molecule has 2 N–H and O–H groups in total. The average molecular weight is 458 g/mol. The van der Waals surface area contributed by atoms with Crippen molar-refractivity contribution in [3.8, 4) is 11.1 Å². The molecule has 33 heavy (non-hydrogen) atoms. The number of amides is 1. The molecule has 0 spiro atoms. The summed E-state index contributed by atoms with van der Waals surface area (Å²) in [6.07, 6.45) is -1.55. The summed E-state index contributed by atoms with van der Waals surface area (Å²) in [7, 11) is 3.21. The molecule has 0 aliphatic rings. The normalized spacial score (nSPS) is 12.3. The molecule has 1 unspecified atom stereocenters. The van der Waals surface area contributed by atoms with Gasteiger partial charge in [0.05, 0.1) is 6.04 Å². The van der Waals surface area contributed by atoms with Crippen LogP contribution >= 0.6 is 0 Å². The highest BCUT2D eigenvalue weighted by molar-refractivity contribution is 5.95. The summed E-state index contributed by atoms with van der Waals surface area (Å²) in [5, 5.41) is 5.49. The topological polar surface area (TPSA) is 76.0 Å². The number of aromatic nitrogens is 2. The maximum Gasteiger partial charge on any atom is 0.433 e. The van der Waals surface area contributed by atoms with Gasteiger partial charge in [0.15, 0.2) is 0 Å². The van der Waals surface area contributed by atoms with Crippen LogP contribution in [0.3, 0.4) is 0 Å². The van der Waals surface area contributed by atoms with Crippen LogP contribution in [-0.2, 0) is 6.18 Å². The maximum absolute atomic E-state index is 13.3. The van der Waals surface area contributed by atoms with E-state index in [0.717, 1.165) is 23.5 Å². The summed E-state index contributed by atoms with van der Waals surface area (Å²) in [6, 6.07) is 9.63. The lowest BCUT2D eigenvalue weighted by Gasteiger charge is -2.25. The Bertz CT molecular complexity index is 1220. The van der Waals surface area contributed by atoms with Gasteiger partial charge in [0.2, 0.25) is 5.43 Å². The summed E-state index contributed by atoms with van der Waals surface area (Å²) in [5.74, 6) is -0.611. The van der Waals surface area contributed by atoms with Crippen LogP contribution in [0.5, 0.6) is 0 Å². The Morgan fingerprint density at radius 2 is 1.82 bits per heavy atom. The van der Waals surface area contributed by atoms with E-state index in [4.69, 9.17) is 0 Å². The van der Waals surface area contributed by atoms with Gasteiger partial charge in [-0.2, -0.15) is 13.2 Å². The third kappa shape index (κ3) is 4.76. The fourth-order valence-electron chi connectivity index (χ4n) is 3.89. The Balaban J connectivity index is 2.30. The summed E-state index contributed by atoms with van der Waals surface area (Å²) in [5.41, 5.74) is 0.517. The van der Waals surface area contributed by atoms with Crippen LogP contribution in [0.1, 0.15) is 46.7 Å².